The zero-order valence-electron chi connectivity index (χ0n) is 10.6. The molecule has 3 heteroatoms. The van der Waals surface area contributed by atoms with E-state index in [1.165, 1.54) is 6.07 Å². The Morgan fingerprint density at radius 3 is 2.37 bits per heavy atom. The second-order valence-corrected chi connectivity index (χ2v) is 4.63. The van der Waals surface area contributed by atoms with E-state index in [2.05, 4.69) is 0 Å². The van der Waals surface area contributed by atoms with Crippen LogP contribution in [0.25, 0.3) is 0 Å². The molecule has 0 aliphatic carbocycles. The van der Waals surface area contributed by atoms with Crippen molar-refractivity contribution in [2.24, 2.45) is 0 Å². The highest BCUT2D eigenvalue weighted by molar-refractivity contribution is 6.18. The Hall–Kier alpha value is -1.54. The van der Waals surface area contributed by atoms with E-state index in [4.69, 9.17) is 16.3 Å². The van der Waals surface area contributed by atoms with Crippen molar-refractivity contribution in [3.8, 4) is 5.75 Å². The van der Waals surface area contributed by atoms with Crippen LogP contribution in [0.5, 0.6) is 5.75 Å². The number of halogens is 2. The lowest BCUT2D eigenvalue weighted by Gasteiger charge is -2.15. The van der Waals surface area contributed by atoms with Crippen LogP contribution in [-0.4, -0.2) is 12.5 Å². The lowest BCUT2D eigenvalue weighted by Crippen LogP contribution is -2.09. The fraction of sp³-hybridized carbons (Fsp3) is 0.250. The molecular formula is C16H16ClFO. The van der Waals surface area contributed by atoms with Gasteiger partial charge in [-0.3, -0.25) is 0 Å². The molecule has 0 heterocycles. The summed E-state index contributed by atoms with van der Waals surface area (Å²) in [5.41, 5.74) is 0.661. The molecule has 1 atom stereocenters. The van der Waals surface area contributed by atoms with Crippen molar-refractivity contribution in [3.05, 3.63) is 66.0 Å². The highest BCUT2D eigenvalue weighted by Crippen LogP contribution is 2.24. The number of hydrogen-bond acceptors (Lipinski definition) is 1. The Kier molecular flexibility index (Phi) is 5.22. The standard InChI is InChI=1S/C16H16ClFO/c17-12-13(15-8-4-5-9-16(15)18)10-11-19-14-6-2-1-3-7-14/h1-9,13H,10-12H2. The van der Waals surface area contributed by atoms with Crippen molar-refractivity contribution < 1.29 is 9.13 Å². The Morgan fingerprint density at radius 2 is 1.68 bits per heavy atom. The average molecular weight is 279 g/mol. The molecule has 100 valence electrons. The van der Waals surface area contributed by atoms with Crippen LogP contribution in [0, 0.1) is 5.82 Å². The quantitative estimate of drug-likeness (QED) is 0.701. The van der Waals surface area contributed by atoms with E-state index in [9.17, 15) is 4.39 Å². The first-order chi connectivity index (χ1) is 9.31. The Labute approximate surface area is 118 Å². The number of alkyl halides is 1. The van der Waals surface area contributed by atoms with Crippen LogP contribution < -0.4 is 4.74 Å². The van der Waals surface area contributed by atoms with Crippen LogP contribution in [0.3, 0.4) is 0 Å². The Morgan fingerprint density at radius 1 is 1.00 bits per heavy atom. The van der Waals surface area contributed by atoms with Gasteiger partial charge in [-0.1, -0.05) is 36.4 Å². The third kappa shape index (κ3) is 3.97. The SMILES string of the molecule is Fc1ccccc1C(CCl)CCOc1ccccc1. The lowest BCUT2D eigenvalue weighted by molar-refractivity contribution is 0.300. The highest BCUT2D eigenvalue weighted by atomic mass is 35.5. The summed E-state index contributed by atoms with van der Waals surface area (Å²) in [6, 6.07) is 16.3. The van der Waals surface area contributed by atoms with E-state index in [1.54, 1.807) is 12.1 Å². The summed E-state index contributed by atoms with van der Waals surface area (Å²) < 4.78 is 19.3. The first kappa shape index (κ1) is 13.9. The van der Waals surface area contributed by atoms with Crippen molar-refractivity contribution in [1.82, 2.24) is 0 Å². The Balaban J connectivity index is 1.92. The van der Waals surface area contributed by atoms with E-state index in [1.807, 2.05) is 36.4 Å². The highest BCUT2D eigenvalue weighted by Gasteiger charge is 2.14. The third-order valence-electron chi connectivity index (χ3n) is 3.01. The van der Waals surface area contributed by atoms with Gasteiger partial charge in [-0.05, 0) is 30.2 Å². The van der Waals surface area contributed by atoms with E-state index in [0.717, 1.165) is 5.75 Å². The summed E-state index contributed by atoms with van der Waals surface area (Å²) in [5, 5.41) is 0. The monoisotopic (exact) mass is 278 g/mol. The molecule has 0 N–H and O–H groups in total. The van der Waals surface area contributed by atoms with Gasteiger partial charge in [0.25, 0.3) is 0 Å². The van der Waals surface area contributed by atoms with Crippen LogP contribution >= 0.6 is 11.6 Å². The number of ether oxygens (including phenoxy) is 1. The number of benzene rings is 2. The van der Waals surface area contributed by atoms with Gasteiger partial charge in [-0.15, -0.1) is 11.6 Å². The number of hydrogen-bond donors (Lipinski definition) is 0. The minimum atomic E-state index is -0.201. The Bertz CT molecular complexity index is 501. The molecule has 2 aromatic rings. The molecule has 0 aromatic heterocycles. The van der Waals surface area contributed by atoms with Crippen LogP contribution in [0.4, 0.5) is 4.39 Å². The van der Waals surface area contributed by atoms with Crippen LogP contribution in [0.2, 0.25) is 0 Å². The molecule has 2 aromatic carbocycles. The first-order valence-corrected chi connectivity index (χ1v) is 6.83. The zero-order chi connectivity index (χ0) is 13.5. The summed E-state index contributed by atoms with van der Waals surface area (Å²) in [7, 11) is 0. The van der Waals surface area contributed by atoms with Crippen LogP contribution in [0.15, 0.2) is 54.6 Å². The lowest BCUT2D eigenvalue weighted by atomic mass is 9.97. The molecule has 2 rings (SSSR count). The van der Waals surface area contributed by atoms with Crippen molar-refractivity contribution in [2.75, 3.05) is 12.5 Å². The molecule has 0 saturated heterocycles. The number of rotatable bonds is 6. The van der Waals surface area contributed by atoms with E-state index in [-0.39, 0.29) is 11.7 Å². The van der Waals surface area contributed by atoms with Crippen LogP contribution in [0.1, 0.15) is 17.9 Å². The van der Waals surface area contributed by atoms with Gasteiger partial charge in [-0.25, -0.2) is 4.39 Å². The molecule has 0 spiro atoms. The molecule has 19 heavy (non-hydrogen) atoms. The molecule has 0 aliphatic heterocycles. The first-order valence-electron chi connectivity index (χ1n) is 6.29. The summed E-state index contributed by atoms with van der Waals surface area (Å²) in [6.45, 7) is 0.524. The molecule has 1 unspecified atom stereocenters. The molecule has 0 amide bonds. The van der Waals surface area contributed by atoms with Gasteiger partial charge in [0.15, 0.2) is 0 Å². The molecule has 0 radical (unpaired) electrons. The maximum atomic E-state index is 13.7. The summed E-state index contributed by atoms with van der Waals surface area (Å²) in [6.07, 6.45) is 0.694. The smallest absolute Gasteiger partial charge is 0.126 e. The van der Waals surface area contributed by atoms with Gasteiger partial charge in [0.2, 0.25) is 0 Å². The molecular weight excluding hydrogens is 263 g/mol. The predicted octanol–water partition coefficient (Wildman–Crippen LogP) is 4.62. The van der Waals surface area contributed by atoms with Gasteiger partial charge in [0.05, 0.1) is 6.61 Å². The second-order valence-electron chi connectivity index (χ2n) is 4.32. The third-order valence-corrected chi connectivity index (χ3v) is 3.38. The minimum absolute atomic E-state index is 0.0217. The van der Waals surface area contributed by atoms with Crippen molar-refractivity contribution >= 4 is 11.6 Å². The average Bonchev–Trinajstić information content (AvgIpc) is 2.46. The summed E-state index contributed by atoms with van der Waals surface area (Å²) >= 11 is 5.93. The van der Waals surface area contributed by atoms with Gasteiger partial charge in [0, 0.05) is 11.8 Å². The number of para-hydroxylation sites is 1. The minimum Gasteiger partial charge on any atom is -0.494 e. The predicted molar refractivity (Wildman–Crippen MR) is 76.4 cm³/mol. The fourth-order valence-corrected chi connectivity index (χ4v) is 2.28. The van der Waals surface area contributed by atoms with Gasteiger partial charge in [-0.2, -0.15) is 0 Å². The fourth-order valence-electron chi connectivity index (χ4n) is 1.96. The molecule has 0 fully saturated rings. The summed E-state index contributed by atoms with van der Waals surface area (Å²) in [4.78, 5) is 0. The zero-order valence-corrected chi connectivity index (χ0v) is 11.3. The largest absolute Gasteiger partial charge is 0.494 e. The summed E-state index contributed by atoms with van der Waals surface area (Å²) in [5.74, 6) is 0.989. The molecule has 0 saturated carbocycles. The van der Waals surface area contributed by atoms with E-state index < -0.39 is 0 Å². The maximum Gasteiger partial charge on any atom is 0.126 e. The van der Waals surface area contributed by atoms with Crippen molar-refractivity contribution in [2.45, 2.75) is 12.3 Å². The van der Waals surface area contributed by atoms with Crippen molar-refractivity contribution in [3.63, 3.8) is 0 Å². The van der Waals surface area contributed by atoms with E-state index >= 15 is 0 Å². The van der Waals surface area contributed by atoms with Gasteiger partial charge in [0.1, 0.15) is 11.6 Å². The molecule has 0 aliphatic rings. The normalized spacial score (nSPS) is 12.1. The molecule has 0 bridgehead atoms. The van der Waals surface area contributed by atoms with Gasteiger partial charge < -0.3 is 4.74 Å². The topological polar surface area (TPSA) is 9.23 Å². The molecule has 1 nitrogen and oxygen atoms in total. The van der Waals surface area contributed by atoms with E-state index in [0.29, 0.717) is 24.5 Å². The van der Waals surface area contributed by atoms with Crippen molar-refractivity contribution in [1.29, 1.82) is 0 Å². The second kappa shape index (κ2) is 7.15. The van der Waals surface area contributed by atoms with Gasteiger partial charge >= 0.3 is 0 Å². The maximum absolute atomic E-state index is 13.7. The van der Waals surface area contributed by atoms with Crippen LogP contribution in [-0.2, 0) is 0 Å².